The quantitative estimate of drug-likeness (QED) is 0.262. The number of benzene rings is 2. The van der Waals surface area contributed by atoms with Crippen LogP contribution in [0.2, 0.25) is 0 Å². The van der Waals surface area contributed by atoms with Crippen LogP contribution in [0.1, 0.15) is 28.8 Å². The maximum Gasteiger partial charge on any atom is 0.248 e. The van der Waals surface area contributed by atoms with Gasteiger partial charge in [0, 0.05) is 39.9 Å². The zero-order chi connectivity index (χ0) is 23.3. The van der Waals surface area contributed by atoms with Crippen LogP contribution in [-0.4, -0.2) is 43.7 Å². The zero-order valence-electron chi connectivity index (χ0n) is 20.1. The van der Waals surface area contributed by atoms with Crippen LogP contribution in [0.3, 0.4) is 0 Å². The monoisotopic (exact) mass is 588 g/mol. The molecule has 4 nitrogen and oxygen atoms in total. The smallest absolute Gasteiger partial charge is 0.248 e. The first kappa shape index (κ1) is 26.6. The van der Waals surface area contributed by atoms with Gasteiger partial charge in [-0.2, -0.15) is 0 Å². The van der Waals surface area contributed by atoms with E-state index >= 15 is 0 Å². The van der Waals surface area contributed by atoms with Crippen LogP contribution in [0.25, 0.3) is 16.5 Å². The molecule has 0 spiro atoms. The summed E-state index contributed by atoms with van der Waals surface area (Å²) in [4.78, 5) is 14.7. The summed E-state index contributed by atoms with van der Waals surface area (Å²) in [7, 11) is 4.59. The van der Waals surface area contributed by atoms with Gasteiger partial charge < -0.3 is 38.5 Å². The lowest BCUT2D eigenvalue weighted by molar-refractivity contribution is -0.929. The largest absolute Gasteiger partial charge is 1.00 e. The minimum Gasteiger partial charge on any atom is -1.00 e. The van der Waals surface area contributed by atoms with E-state index in [0.717, 1.165) is 47.6 Å². The Balaban J connectivity index is 0.00000324. The van der Waals surface area contributed by atoms with E-state index in [0.29, 0.717) is 6.04 Å². The lowest BCUT2D eigenvalue weighted by atomic mass is 10.0. The second-order valence-corrected chi connectivity index (χ2v) is 10.5. The summed E-state index contributed by atoms with van der Waals surface area (Å²) in [5, 5.41) is 2.97. The highest BCUT2D eigenvalue weighted by molar-refractivity contribution is 7.16. The van der Waals surface area contributed by atoms with E-state index in [9.17, 15) is 4.79 Å². The molecule has 6 heteroatoms. The van der Waals surface area contributed by atoms with Gasteiger partial charge in [0.25, 0.3) is 0 Å². The topological polar surface area (TPSA) is 38.3 Å². The summed E-state index contributed by atoms with van der Waals surface area (Å²) in [5.41, 5.74) is 4.55. The van der Waals surface area contributed by atoms with Crippen molar-refractivity contribution in [1.82, 2.24) is 0 Å². The minimum absolute atomic E-state index is 0. The van der Waals surface area contributed by atoms with Gasteiger partial charge >= 0.3 is 0 Å². The van der Waals surface area contributed by atoms with Crippen molar-refractivity contribution < 1.29 is 38.0 Å². The third kappa shape index (κ3) is 7.25. The highest BCUT2D eigenvalue weighted by Crippen LogP contribution is 2.29. The number of carbonyl (C=O) groups excluding carboxylic acids is 1. The van der Waals surface area contributed by atoms with Crippen LogP contribution in [0, 0.1) is 6.92 Å². The van der Waals surface area contributed by atoms with Crippen molar-refractivity contribution in [2.75, 3.05) is 32.6 Å². The molecule has 2 aromatic carbocycles. The lowest BCUT2D eigenvalue weighted by Gasteiger charge is -2.40. The lowest BCUT2D eigenvalue weighted by Crippen LogP contribution is -3.00. The number of ether oxygens (including phenoxy) is 1. The number of hydrogen-bond acceptors (Lipinski definition) is 3. The summed E-state index contributed by atoms with van der Waals surface area (Å²) in [6.07, 6.45) is 5.71. The predicted molar refractivity (Wildman–Crippen MR) is 138 cm³/mol. The number of thiophene rings is 1. The number of amides is 1. The van der Waals surface area contributed by atoms with Crippen molar-refractivity contribution in [3.8, 4) is 10.4 Å². The van der Waals surface area contributed by atoms with Gasteiger partial charge in [-0.25, -0.2) is 0 Å². The number of quaternary nitrogens is 1. The van der Waals surface area contributed by atoms with Crippen molar-refractivity contribution in [3.63, 3.8) is 0 Å². The Morgan fingerprint density at radius 1 is 1.03 bits per heavy atom. The standard InChI is InChI=1S/C28H32N2O2S.HI/c1-21-4-8-23(9-5-21)27-14-12-26(33-27)13-15-28(31)29-24-10-6-22(7-11-24)20-30(2,3)25-16-18-32-19-17-25;/h4-15,25H,16-20H2,1-3H3;1H/b15-13+;. The first-order chi connectivity index (χ1) is 15.9. The van der Waals surface area contributed by atoms with Crippen molar-refractivity contribution in [2.45, 2.75) is 32.4 Å². The molecule has 34 heavy (non-hydrogen) atoms. The second kappa shape index (κ2) is 12.1. The molecule has 0 radical (unpaired) electrons. The van der Waals surface area contributed by atoms with Gasteiger partial charge in [0.2, 0.25) is 5.91 Å². The van der Waals surface area contributed by atoms with E-state index in [-0.39, 0.29) is 29.9 Å². The Hall–Kier alpha value is -2.00. The van der Waals surface area contributed by atoms with E-state index < -0.39 is 0 Å². The van der Waals surface area contributed by atoms with E-state index in [1.165, 1.54) is 21.6 Å². The Kier molecular flexibility index (Phi) is 9.47. The second-order valence-electron chi connectivity index (χ2n) is 9.37. The fourth-order valence-corrected chi connectivity index (χ4v) is 5.25. The number of nitrogens with one attached hydrogen (secondary N) is 1. The van der Waals surface area contributed by atoms with Crippen LogP contribution in [0.15, 0.2) is 66.7 Å². The van der Waals surface area contributed by atoms with Gasteiger partial charge in [0.05, 0.1) is 33.4 Å². The number of rotatable bonds is 7. The molecule has 0 aliphatic carbocycles. The molecule has 1 saturated heterocycles. The number of carbonyl (C=O) groups is 1. The van der Waals surface area contributed by atoms with Crippen molar-refractivity contribution in [1.29, 1.82) is 0 Å². The molecule has 1 aromatic heterocycles. The zero-order valence-corrected chi connectivity index (χ0v) is 23.1. The molecule has 180 valence electrons. The van der Waals surface area contributed by atoms with Crippen molar-refractivity contribution in [2.24, 2.45) is 0 Å². The molecule has 0 unspecified atom stereocenters. The van der Waals surface area contributed by atoms with Gasteiger partial charge in [-0.15, -0.1) is 11.3 Å². The summed E-state index contributed by atoms with van der Waals surface area (Å²) < 4.78 is 6.48. The first-order valence-corrected chi connectivity index (χ1v) is 12.4. The first-order valence-electron chi connectivity index (χ1n) is 11.5. The van der Waals surface area contributed by atoms with Crippen molar-refractivity contribution >= 4 is 29.0 Å². The number of hydrogen-bond donors (Lipinski definition) is 1. The highest BCUT2D eigenvalue weighted by atomic mass is 127. The highest BCUT2D eigenvalue weighted by Gasteiger charge is 2.30. The fraction of sp³-hybridized carbons (Fsp3) is 0.321. The molecular formula is C28H33IN2O2S. The number of nitrogens with zero attached hydrogens (tertiary/aromatic N) is 1. The molecule has 0 bridgehead atoms. The third-order valence-electron chi connectivity index (χ3n) is 6.35. The van der Waals surface area contributed by atoms with Crippen LogP contribution in [0.4, 0.5) is 5.69 Å². The molecule has 1 N–H and O–H groups in total. The average Bonchev–Trinajstić information content (AvgIpc) is 3.29. The summed E-state index contributed by atoms with van der Waals surface area (Å²) >= 11 is 1.68. The van der Waals surface area contributed by atoms with Gasteiger partial charge in [0.1, 0.15) is 6.54 Å². The molecule has 1 aliphatic heterocycles. The van der Waals surface area contributed by atoms with Crippen LogP contribution >= 0.6 is 11.3 Å². The molecule has 1 amide bonds. The van der Waals surface area contributed by atoms with Crippen LogP contribution in [0.5, 0.6) is 0 Å². The van der Waals surface area contributed by atoms with E-state index in [1.807, 2.05) is 18.2 Å². The maximum atomic E-state index is 12.4. The van der Waals surface area contributed by atoms with Gasteiger partial charge in [0.15, 0.2) is 0 Å². The Morgan fingerprint density at radius 2 is 1.71 bits per heavy atom. The Morgan fingerprint density at radius 3 is 2.38 bits per heavy atom. The SMILES string of the molecule is Cc1ccc(-c2ccc(/C=C/C(=O)Nc3ccc(C[N+](C)(C)C4CCOCC4)cc3)s2)cc1.[I-]. The third-order valence-corrected chi connectivity index (χ3v) is 7.45. The number of aryl methyl sites for hydroxylation is 1. The van der Waals surface area contributed by atoms with E-state index in [2.05, 4.69) is 74.9 Å². The molecule has 2 heterocycles. The molecule has 1 aliphatic rings. The minimum atomic E-state index is -0.119. The molecular weight excluding hydrogens is 555 g/mol. The molecule has 3 aromatic rings. The van der Waals surface area contributed by atoms with Gasteiger partial charge in [-0.05, 0) is 42.8 Å². The Labute approximate surface area is 224 Å². The van der Waals surface area contributed by atoms with Gasteiger partial charge in [-0.1, -0.05) is 42.0 Å². The van der Waals surface area contributed by atoms with Crippen LogP contribution < -0.4 is 29.3 Å². The predicted octanol–water partition coefficient (Wildman–Crippen LogP) is 3.13. The normalized spacial score (nSPS) is 14.7. The fourth-order valence-electron chi connectivity index (χ4n) is 4.33. The Bertz CT molecular complexity index is 1100. The molecule has 4 rings (SSSR count). The molecule has 0 saturated carbocycles. The number of halogens is 1. The van der Waals surface area contributed by atoms with Gasteiger partial charge in [-0.3, -0.25) is 4.79 Å². The molecule has 0 atom stereocenters. The van der Waals surface area contributed by atoms with Crippen LogP contribution in [-0.2, 0) is 16.1 Å². The van der Waals surface area contributed by atoms with E-state index in [1.54, 1.807) is 17.4 Å². The average molecular weight is 589 g/mol. The van der Waals surface area contributed by atoms with Crippen molar-refractivity contribution in [3.05, 3.63) is 82.7 Å². The van der Waals surface area contributed by atoms with E-state index in [4.69, 9.17) is 4.74 Å². The summed E-state index contributed by atoms with van der Waals surface area (Å²) in [5.74, 6) is -0.119. The summed E-state index contributed by atoms with van der Waals surface area (Å²) in [6, 6.07) is 21.5. The number of anilines is 1. The maximum absolute atomic E-state index is 12.4. The summed E-state index contributed by atoms with van der Waals surface area (Å²) in [6.45, 7) is 4.79. The molecule has 1 fully saturated rings.